The van der Waals surface area contributed by atoms with Gasteiger partial charge >= 0.3 is 6.18 Å². The molecule has 0 unspecified atom stereocenters. The van der Waals surface area contributed by atoms with Crippen molar-refractivity contribution in [1.82, 2.24) is 9.55 Å². The summed E-state index contributed by atoms with van der Waals surface area (Å²) in [6.45, 7) is 5.98. The lowest BCUT2D eigenvalue weighted by atomic mass is 10.2. The van der Waals surface area contributed by atoms with Crippen molar-refractivity contribution in [3.63, 3.8) is 0 Å². The van der Waals surface area contributed by atoms with Crippen LogP contribution in [0.5, 0.6) is 0 Å². The molecule has 2 heterocycles. The number of hydrogen-bond donors (Lipinski definition) is 1. The topological polar surface area (TPSA) is 64.0 Å². The smallest absolute Gasteiger partial charge is 0.325 e. The number of carbonyl (C=O) groups excluding carboxylic acids is 1. The van der Waals surface area contributed by atoms with Crippen LogP contribution in [0.4, 0.5) is 18.9 Å². The molecule has 0 aliphatic rings. The number of nitrogens with zero attached hydrogens (tertiary/aromatic N) is 2. The van der Waals surface area contributed by atoms with E-state index in [0.717, 1.165) is 34.3 Å². The van der Waals surface area contributed by atoms with Crippen molar-refractivity contribution < 1.29 is 18.0 Å². The van der Waals surface area contributed by atoms with E-state index in [0.29, 0.717) is 21.9 Å². The number of benzene rings is 1. The third-order valence-corrected chi connectivity index (χ3v) is 6.87. The molecule has 2 aromatic heterocycles. The van der Waals surface area contributed by atoms with Crippen LogP contribution in [0.1, 0.15) is 22.9 Å². The van der Waals surface area contributed by atoms with Gasteiger partial charge in [0.2, 0.25) is 5.91 Å². The van der Waals surface area contributed by atoms with Gasteiger partial charge in [0.25, 0.3) is 5.56 Å². The van der Waals surface area contributed by atoms with Crippen LogP contribution in [0.3, 0.4) is 0 Å². The number of nitrogens with one attached hydrogen (secondary N) is 1. The molecule has 0 saturated carbocycles. The number of amides is 1. The Hall–Kier alpha value is -2.04. The van der Waals surface area contributed by atoms with E-state index in [1.165, 1.54) is 22.0 Å². The van der Waals surface area contributed by atoms with Gasteiger partial charge in [-0.2, -0.15) is 13.2 Å². The van der Waals surface area contributed by atoms with Gasteiger partial charge in [0.1, 0.15) is 4.83 Å². The van der Waals surface area contributed by atoms with Crippen LogP contribution in [0.25, 0.3) is 10.2 Å². The lowest BCUT2D eigenvalue weighted by Gasteiger charge is -2.12. The van der Waals surface area contributed by atoms with Gasteiger partial charge < -0.3 is 5.32 Å². The highest BCUT2D eigenvalue weighted by Crippen LogP contribution is 2.36. The maximum atomic E-state index is 13.0. The number of alkyl halides is 3. The zero-order valence-corrected chi connectivity index (χ0v) is 18.6. The number of aromatic nitrogens is 2. The molecule has 0 radical (unpaired) electrons. The van der Waals surface area contributed by atoms with Gasteiger partial charge in [-0.1, -0.05) is 23.4 Å². The second kappa shape index (κ2) is 8.60. The molecule has 11 heteroatoms. The van der Waals surface area contributed by atoms with E-state index in [2.05, 4.69) is 10.3 Å². The molecule has 0 aliphatic heterocycles. The van der Waals surface area contributed by atoms with Gasteiger partial charge in [0.15, 0.2) is 5.16 Å². The summed E-state index contributed by atoms with van der Waals surface area (Å²) >= 11 is 8.06. The quantitative estimate of drug-likeness (QED) is 0.391. The van der Waals surface area contributed by atoms with Gasteiger partial charge in [0.05, 0.1) is 21.7 Å². The number of thioether (sulfide) groups is 1. The number of aryl methyl sites for hydroxylation is 2. The van der Waals surface area contributed by atoms with E-state index in [9.17, 15) is 22.8 Å². The minimum Gasteiger partial charge on any atom is -0.325 e. The Bertz CT molecular complexity index is 1190. The van der Waals surface area contributed by atoms with Crippen LogP contribution in [0, 0.1) is 13.8 Å². The molecule has 1 N–H and O–H groups in total. The minimum atomic E-state index is -4.62. The monoisotopic (exact) mass is 475 g/mol. The Labute approximate surface area is 183 Å². The summed E-state index contributed by atoms with van der Waals surface area (Å²) in [5.74, 6) is -0.642. The number of thiophene rings is 1. The average Bonchev–Trinajstić information content (AvgIpc) is 2.95. The molecule has 0 aliphatic carbocycles. The summed E-state index contributed by atoms with van der Waals surface area (Å²) in [7, 11) is 0. The first-order valence-corrected chi connectivity index (χ1v) is 11.0. The summed E-state index contributed by atoms with van der Waals surface area (Å²) < 4.78 is 40.4. The fraction of sp³-hybridized carbons (Fsp3) is 0.316. The van der Waals surface area contributed by atoms with Crippen molar-refractivity contribution in [2.45, 2.75) is 38.6 Å². The maximum Gasteiger partial charge on any atom is 0.417 e. The molecule has 1 amide bonds. The fourth-order valence-electron chi connectivity index (χ4n) is 2.85. The molecule has 3 aromatic rings. The zero-order valence-electron chi connectivity index (χ0n) is 16.2. The summed E-state index contributed by atoms with van der Waals surface area (Å²) in [5, 5.41) is 2.95. The van der Waals surface area contributed by atoms with Gasteiger partial charge in [-0.15, -0.1) is 11.3 Å². The van der Waals surface area contributed by atoms with Crippen molar-refractivity contribution in [2.75, 3.05) is 11.1 Å². The molecule has 0 bridgehead atoms. The summed E-state index contributed by atoms with van der Waals surface area (Å²) in [6.07, 6.45) is -4.62. The molecule has 0 fully saturated rings. The lowest BCUT2D eigenvalue weighted by molar-refractivity contribution is -0.137. The molecule has 0 atom stereocenters. The first-order chi connectivity index (χ1) is 14.0. The van der Waals surface area contributed by atoms with Crippen LogP contribution in [-0.4, -0.2) is 21.2 Å². The third-order valence-electron chi connectivity index (χ3n) is 4.46. The van der Waals surface area contributed by atoms with E-state index in [1.54, 1.807) is 6.92 Å². The zero-order chi connectivity index (χ0) is 22.2. The van der Waals surface area contributed by atoms with E-state index >= 15 is 0 Å². The number of fused-ring (bicyclic) bond motifs is 1. The summed E-state index contributed by atoms with van der Waals surface area (Å²) in [5.41, 5.74) is -0.310. The van der Waals surface area contributed by atoms with Crippen LogP contribution in [0.2, 0.25) is 5.02 Å². The van der Waals surface area contributed by atoms with Crippen molar-refractivity contribution in [3.05, 3.63) is 49.6 Å². The highest BCUT2D eigenvalue weighted by atomic mass is 35.5. The van der Waals surface area contributed by atoms with Crippen LogP contribution in [0.15, 0.2) is 28.2 Å². The molecule has 5 nitrogen and oxygen atoms in total. The van der Waals surface area contributed by atoms with E-state index < -0.39 is 22.7 Å². The predicted octanol–water partition coefficient (Wildman–Crippen LogP) is 5.50. The third kappa shape index (κ3) is 4.50. The van der Waals surface area contributed by atoms with Crippen molar-refractivity contribution >= 4 is 56.5 Å². The highest BCUT2D eigenvalue weighted by molar-refractivity contribution is 7.99. The first kappa shape index (κ1) is 22.6. The van der Waals surface area contributed by atoms with E-state index in [-0.39, 0.29) is 17.0 Å². The molecule has 30 heavy (non-hydrogen) atoms. The molecular formula is C19H17ClF3N3O2S2. The maximum absolute atomic E-state index is 13.0. The molecule has 3 rings (SSSR count). The number of anilines is 1. The van der Waals surface area contributed by atoms with E-state index in [4.69, 9.17) is 11.6 Å². The average molecular weight is 476 g/mol. The molecule has 0 spiro atoms. The van der Waals surface area contributed by atoms with Crippen molar-refractivity contribution in [2.24, 2.45) is 0 Å². The number of hydrogen-bond acceptors (Lipinski definition) is 5. The van der Waals surface area contributed by atoms with Crippen LogP contribution >= 0.6 is 34.7 Å². The van der Waals surface area contributed by atoms with Crippen LogP contribution < -0.4 is 10.9 Å². The number of rotatable bonds is 5. The Morgan fingerprint density at radius 2 is 2.03 bits per heavy atom. The Morgan fingerprint density at radius 3 is 2.67 bits per heavy atom. The molecular weight excluding hydrogens is 459 g/mol. The molecule has 0 saturated heterocycles. The van der Waals surface area contributed by atoms with Gasteiger partial charge in [-0.25, -0.2) is 4.98 Å². The largest absolute Gasteiger partial charge is 0.417 e. The Kier molecular flexibility index (Phi) is 6.49. The van der Waals surface area contributed by atoms with Crippen LogP contribution in [-0.2, 0) is 17.5 Å². The standard InChI is InChI=1S/C19H17ClF3N3O2S2/c1-4-26-17(28)15-9(2)10(3)30-16(15)25-18(26)29-8-14(27)24-11-5-6-13(20)12(7-11)19(21,22)23/h5-7H,4,8H2,1-3H3,(H,24,27). The van der Waals surface area contributed by atoms with E-state index in [1.807, 2.05) is 13.8 Å². The van der Waals surface area contributed by atoms with Gasteiger partial charge in [0, 0.05) is 17.1 Å². The van der Waals surface area contributed by atoms with Crippen molar-refractivity contribution in [3.8, 4) is 0 Å². The first-order valence-electron chi connectivity index (χ1n) is 8.82. The molecule has 1 aromatic carbocycles. The van der Waals surface area contributed by atoms with Gasteiger partial charge in [-0.3, -0.25) is 14.2 Å². The summed E-state index contributed by atoms with van der Waals surface area (Å²) in [4.78, 5) is 31.2. The minimum absolute atomic E-state index is 0.0156. The fourth-order valence-corrected chi connectivity index (χ4v) is 5.00. The Balaban J connectivity index is 1.80. The lowest BCUT2D eigenvalue weighted by Crippen LogP contribution is -2.23. The Morgan fingerprint density at radius 1 is 1.33 bits per heavy atom. The highest BCUT2D eigenvalue weighted by Gasteiger charge is 2.33. The molecule has 160 valence electrons. The summed E-state index contributed by atoms with van der Waals surface area (Å²) in [6, 6.07) is 3.16. The van der Waals surface area contributed by atoms with Crippen molar-refractivity contribution in [1.29, 1.82) is 0 Å². The number of carbonyl (C=O) groups is 1. The SMILES string of the molecule is CCn1c(SCC(=O)Nc2ccc(Cl)c(C(F)(F)F)c2)nc2sc(C)c(C)c2c1=O. The normalized spacial score (nSPS) is 11.8. The number of halogens is 4. The van der Waals surface area contributed by atoms with Gasteiger partial charge in [-0.05, 0) is 44.5 Å². The predicted molar refractivity (Wildman–Crippen MR) is 115 cm³/mol. The second-order valence-corrected chi connectivity index (χ2v) is 8.99. The second-order valence-electron chi connectivity index (χ2n) is 6.44.